The largest absolute Gasteiger partial charge is 0.490 e. The third-order valence-electron chi connectivity index (χ3n) is 5.04. The number of carbonyl (C=O) groups excluding carboxylic acids is 1. The first-order valence-electron chi connectivity index (χ1n) is 10.0. The molecule has 12 heteroatoms. The zero-order valence-electron chi connectivity index (χ0n) is 17.2. The molecule has 1 fully saturated rings. The van der Waals surface area contributed by atoms with Gasteiger partial charge in [-0.2, -0.15) is 22.0 Å². The van der Waals surface area contributed by atoms with Crippen LogP contribution in [0.2, 0.25) is 5.15 Å². The number of hydrogen-bond donors (Lipinski definition) is 2. The van der Waals surface area contributed by atoms with E-state index in [1.165, 1.54) is 18.3 Å². The molecule has 1 amide bonds. The van der Waals surface area contributed by atoms with Gasteiger partial charge in [-0.1, -0.05) is 11.6 Å². The lowest BCUT2D eigenvalue weighted by molar-refractivity contribution is -0.289. The van der Waals surface area contributed by atoms with Gasteiger partial charge in [0.2, 0.25) is 0 Å². The van der Waals surface area contributed by atoms with E-state index < -0.39 is 42.0 Å². The predicted octanol–water partition coefficient (Wildman–Crippen LogP) is 4.48. The topological polar surface area (TPSA) is 74.7 Å². The SMILES string of the molecule is O=C(Nc1ccc(C(F)(F)C(F)(F)F)c(OC[C@@H](O)CN2CCCC2)c1)c1cccnc1Cl. The van der Waals surface area contributed by atoms with Gasteiger partial charge in [-0.05, 0) is 50.2 Å². The Morgan fingerprint density at radius 1 is 1.21 bits per heavy atom. The number of anilines is 1. The first-order chi connectivity index (χ1) is 15.5. The van der Waals surface area contributed by atoms with Crippen LogP contribution in [0.25, 0.3) is 0 Å². The lowest BCUT2D eigenvalue weighted by Gasteiger charge is -2.24. The van der Waals surface area contributed by atoms with Crippen molar-refractivity contribution in [2.45, 2.75) is 31.0 Å². The molecule has 1 aromatic carbocycles. The number of carbonyl (C=O) groups is 1. The molecule has 33 heavy (non-hydrogen) atoms. The fourth-order valence-corrected chi connectivity index (χ4v) is 3.59. The molecule has 1 aliphatic rings. The van der Waals surface area contributed by atoms with E-state index in [1.54, 1.807) is 0 Å². The molecule has 0 unspecified atom stereocenters. The second kappa shape index (κ2) is 10.2. The van der Waals surface area contributed by atoms with E-state index in [9.17, 15) is 31.9 Å². The first kappa shape index (κ1) is 25.1. The average Bonchev–Trinajstić information content (AvgIpc) is 3.24. The minimum Gasteiger partial charge on any atom is -0.490 e. The first-order valence-corrected chi connectivity index (χ1v) is 10.4. The summed E-state index contributed by atoms with van der Waals surface area (Å²) in [6, 6.07) is 5.08. The van der Waals surface area contributed by atoms with E-state index >= 15 is 0 Å². The van der Waals surface area contributed by atoms with Crippen LogP contribution < -0.4 is 10.1 Å². The number of nitrogens with zero attached hydrogens (tertiary/aromatic N) is 2. The standard InChI is InChI=1S/C21H21ClF5N3O3/c22-18-15(4-3-7-28-18)19(32)29-13-5-6-16(20(23,24)21(25,26)27)17(10-13)33-12-14(31)11-30-8-1-2-9-30/h3-7,10,14,31H,1-2,8-9,11-12H2,(H,29,32)/t14-/m0/s1. The highest BCUT2D eigenvalue weighted by Gasteiger charge is 2.60. The summed E-state index contributed by atoms with van der Waals surface area (Å²) < 4.78 is 72.4. The molecule has 0 aliphatic carbocycles. The van der Waals surface area contributed by atoms with E-state index in [0.29, 0.717) is 6.07 Å². The summed E-state index contributed by atoms with van der Waals surface area (Å²) in [7, 11) is 0. The Hall–Kier alpha value is -2.50. The number of aromatic nitrogens is 1. The Labute approximate surface area is 191 Å². The number of nitrogens with one attached hydrogen (secondary N) is 1. The minimum absolute atomic E-state index is 0.0210. The van der Waals surface area contributed by atoms with Crippen LogP contribution in [-0.4, -0.2) is 59.4 Å². The molecule has 1 aliphatic heterocycles. The molecule has 2 heterocycles. The number of rotatable bonds is 8. The Bertz CT molecular complexity index is 984. The molecule has 1 atom stereocenters. The van der Waals surface area contributed by atoms with Gasteiger partial charge in [-0.25, -0.2) is 4.98 Å². The number of pyridine rings is 1. The third-order valence-corrected chi connectivity index (χ3v) is 5.34. The Balaban J connectivity index is 1.83. The Morgan fingerprint density at radius 2 is 1.91 bits per heavy atom. The molecule has 3 rings (SSSR count). The van der Waals surface area contributed by atoms with E-state index in [2.05, 4.69) is 10.3 Å². The van der Waals surface area contributed by atoms with Crippen LogP contribution in [0.3, 0.4) is 0 Å². The molecule has 0 spiro atoms. The molecule has 2 N–H and O–H groups in total. The maximum atomic E-state index is 14.1. The molecule has 2 aromatic rings. The van der Waals surface area contributed by atoms with Crippen LogP contribution >= 0.6 is 11.6 Å². The highest BCUT2D eigenvalue weighted by Crippen LogP contribution is 2.47. The predicted molar refractivity (Wildman–Crippen MR) is 111 cm³/mol. The van der Waals surface area contributed by atoms with Crippen molar-refractivity contribution in [3.05, 3.63) is 52.8 Å². The summed E-state index contributed by atoms with van der Waals surface area (Å²) in [6.07, 6.45) is -3.71. The van der Waals surface area contributed by atoms with Gasteiger partial charge < -0.3 is 20.1 Å². The molecular formula is C21H21ClF5N3O3. The molecular weight excluding hydrogens is 473 g/mol. The average molecular weight is 494 g/mol. The molecule has 180 valence electrons. The van der Waals surface area contributed by atoms with Gasteiger partial charge >= 0.3 is 12.1 Å². The fourth-order valence-electron chi connectivity index (χ4n) is 3.39. The van der Waals surface area contributed by atoms with E-state index in [1.807, 2.05) is 4.90 Å². The number of ether oxygens (including phenoxy) is 1. The molecule has 1 saturated heterocycles. The molecule has 1 aromatic heterocycles. The maximum absolute atomic E-state index is 14.1. The van der Waals surface area contributed by atoms with Crippen molar-refractivity contribution < 1.29 is 36.6 Å². The summed E-state index contributed by atoms with van der Waals surface area (Å²) in [5.41, 5.74) is -1.56. The van der Waals surface area contributed by atoms with E-state index in [-0.39, 0.29) is 22.9 Å². The lowest BCUT2D eigenvalue weighted by atomic mass is 10.1. The smallest absolute Gasteiger partial charge is 0.458 e. The monoisotopic (exact) mass is 493 g/mol. The second-order valence-corrected chi connectivity index (χ2v) is 7.91. The van der Waals surface area contributed by atoms with Crippen LogP contribution in [0, 0.1) is 0 Å². The van der Waals surface area contributed by atoms with Crippen molar-refractivity contribution in [2.24, 2.45) is 0 Å². The number of hydrogen-bond acceptors (Lipinski definition) is 5. The van der Waals surface area contributed by atoms with Gasteiger partial charge in [-0.3, -0.25) is 4.79 Å². The number of amides is 1. The van der Waals surface area contributed by atoms with Crippen LogP contribution in [0.1, 0.15) is 28.8 Å². The molecule has 6 nitrogen and oxygen atoms in total. The van der Waals surface area contributed by atoms with Crippen molar-refractivity contribution >= 4 is 23.2 Å². The molecule has 0 bridgehead atoms. The highest BCUT2D eigenvalue weighted by atomic mass is 35.5. The number of benzene rings is 1. The third kappa shape index (κ3) is 6.10. The minimum atomic E-state index is -5.87. The maximum Gasteiger partial charge on any atom is 0.458 e. The van der Waals surface area contributed by atoms with E-state index in [0.717, 1.165) is 38.1 Å². The van der Waals surface area contributed by atoms with Gasteiger partial charge in [0.05, 0.1) is 11.1 Å². The summed E-state index contributed by atoms with van der Waals surface area (Å²) in [5.74, 6) is -6.77. The Morgan fingerprint density at radius 3 is 2.55 bits per heavy atom. The number of aliphatic hydroxyl groups excluding tert-OH is 1. The quantitative estimate of drug-likeness (QED) is 0.419. The summed E-state index contributed by atoms with van der Waals surface area (Å²) in [4.78, 5) is 18.1. The summed E-state index contributed by atoms with van der Waals surface area (Å²) >= 11 is 5.85. The lowest BCUT2D eigenvalue weighted by Crippen LogP contribution is -2.36. The molecule has 0 radical (unpaired) electrons. The number of β-amino-alcohol motifs (C(OH)–C–C–N with tert-alkyl or cyclic N) is 1. The van der Waals surface area contributed by atoms with E-state index in [4.69, 9.17) is 16.3 Å². The van der Waals surface area contributed by atoms with Gasteiger partial charge in [0, 0.05) is 24.5 Å². The zero-order valence-corrected chi connectivity index (χ0v) is 18.0. The van der Waals surface area contributed by atoms with Crippen LogP contribution in [0.5, 0.6) is 5.75 Å². The number of alkyl halides is 5. The highest BCUT2D eigenvalue weighted by molar-refractivity contribution is 6.33. The van der Waals surface area contributed by atoms with Crippen molar-refractivity contribution in [1.82, 2.24) is 9.88 Å². The van der Waals surface area contributed by atoms with Crippen molar-refractivity contribution in [2.75, 3.05) is 31.6 Å². The number of aliphatic hydroxyl groups is 1. The van der Waals surface area contributed by atoms with Crippen LogP contribution in [0.4, 0.5) is 27.6 Å². The van der Waals surface area contributed by atoms with Crippen molar-refractivity contribution in [3.8, 4) is 5.75 Å². The van der Waals surface area contributed by atoms with Crippen LogP contribution in [-0.2, 0) is 5.92 Å². The number of halogens is 6. The fraction of sp³-hybridized carbons (Fsp3) is 0.429. The number of likely N-dealkylation sites (tertiary alicyclic amines) is 1. The van der Waals surface area contributed by atoms with Gasteiger partial charge in [0.15, 0.2) is 0 Å². The van der Waals surface area contributed by atoms with Gasteiger partial charge in [-0.15, -0.1) is 0 Å². The Kier molecular flexibility index (Phi) is 7.76. The van der Waals surface area contributed by atoms with Crippen LogP contribution in [0.15, 0.2) is 36.5 Å². The van der Waals surface area contributed by atoms with Crippen molar-refractivity contribution in [1.29, 1.82) is 0 Å². The zero-order chi connectivity index (χ0) is 24.2. The van der Waals surface area contributed by atoms with Gasteiger partial charge in [0.1, 0.15) is 23.6 Å². The van der Waals surface area contributed by atoms with Gasteiger partial charge in [0.25, 0.3) is 5.91 Å². The van der Waals surface area contributed by atoms with Crippen molar-refractivity contribution in [3.63, 3.8) is 0 Å². The second-order valence-electron chi connectivity index (χ2n) is 7.55. The molecule has 0 saturated carbocycles. The summed E-state index contributed by atoms with van der Waals surface area (Å²) in [5, 5.41) is 12.4. The summed E-state index contributed by atoms with van der Waals surface area (Å²) in [6.45, 7) is 1.20. The normalized spacial score (nSPS) is 16.0.